The number of aliphatic hydroxyl groups is 1. The number of aromatic nitrogens is 1. The molecule has 8 heteroatoms. The maximum absolute atomic E-state index is 11.6. The fraction of sp³-hybridized carbons (Fsp3) is 0.474. The molecule has 2 aromatic rings. The summed E-state index contributed by atoms with van der Waals surface area (Å²) in [5.74, 6) is 0.696. The molecule has 0 fully saturated rings. The molecule has 0 bridgehead atoms. The number of halogens is 1. The van der Waals surface area contributed by atoms with Crippen molar-refractivity contribution >= 4 is 41.3 Å². The second kappa shape index (κ2) is 12.1. The van der Waals surface area contributed by atoms with Gasteiger partial charge in [-0.1, -0.05) is 12.1 Å². The van der Waals surface area contributed by atoms with Crippen LogP contribution < -0.4 is 16.2 Å². The summed E-state index contributed by atoms with van der Waals surface area (Å²) in [4.78, 5) is 17.1. The van der Waals surface area contributed by atoms with E-state index in [1.165, 1.54) is 11.3 Å². The minimum Gasteiger partial charge on any atom is -0.383 e. The van der Waals surface area contributed by atoms with Gasteiger partial charge in [-0.05, 0) is 44.2 Å². The Morgan fingerprint density at radius 3 is 2.74 bits per heavy atom. The number of nitrogens with one attached hydrogen (secondary N) is 2. The fourth-order valence-electron chi connectivity index (χ4n) is 2.50. The van der Waals surface area contributed by atoms with Crippen molar-refractivity contribution < 1.29 is 5.11 Å². The van der Waals surface area contributed by atoms with Crippen molar-refractivity contribution in [3.63, 3.8) is 0 Å². The van der Waals surface area contributed by atoms with Crippen molar-refractivity contribution in [2.75, 3.05) is 19.6 Å². The summed E-state index contributed by atoms with van der Waals surface area (Å²) in [7, 11) is 0. The van der Waals surface area contributed by atoms with E-state index in [4.69, 9.17) is 0 Å². The molecule has 0 aliphatic heterocycles. The van der Waals surface area contributed by atoms with Crippen LogP contribution in [-0.2, 0) is 12.1 Å². The smallest absolute Gasteiger partial charge is 0.250 e. The van der Waals surface area contributed by atoms with E-state index in [2.05, 4.69) is 15.6 Å². The SMILES string of the molecule is CCNC(=NCC(C)(O)c1cccs1)NCCCCn1ccccc1=O.I. The molecular weight excluding hydrogens is 475 g/mol. The number of rotatable bonds is 9. The highest BCUT2D eigenvalue weighted by Crippen LogP contribution is 2.25. The van der Waals surface area contributed by atoms with E-state index in [1.54, 1.807) is 23.6 Å². The minimum absolute atomic E-state index is 0. The van der Waals surface area contributed by atoms with Gasteiger partial charge < -0.3 is 20.3 Å². The predicted octanol–water partition coefficient (Wildman–Crippen LogP) is 2.77. The first-order chi connectivity index (χ1) is 12.5. The highest BCUT2D eigenvalue weighted by molar-refractivity contribution is 14.0. The molecular formula is C19H29IN4O2S. The van der Waals surface area contributed by atoms with Crippen molar-refractivity contribution in [3.05, 3.63) is 57.1 Å². The molecule has 3 N–H and O–H groups in total. The highest BCUT2D eigenvalue weighted by Gasteiger charge is 2.23. The summed E-state index contributed by atoms with van der Waals surface area (Å²) in [6, 6.07) is 9.05. The molecule has 6 nitrogen and oxygen atoms in total. The van der Waals surface area contributed by atoms with Crippen molar-refractivity contribution in [2.24, 2.45) is 4.99 Å². The molecule has 2 aromatic heterocycles. The third-order valence-electron chi connectivity index (χ3n) is 3.96. The van der Waals surface area contributed by atoms with E-state index < -0.39 is 5.60 Å². The highest BCUT2D eigenvalue weighted by atomic mass is 127. The second-order valence-corrected chi connectivity index (χ2v) is 7.26. The van der Waals surface area contributed by atoms with E-state index in [0.29, 0.717) is 19.0 Å². The lowest BCUT2D eigenvalue weighted by Gasteiger charge is -2.20. The van der Waals surface area contributed by atoms with Gasteiger partial charge >= 0.3 is 0 Å². The lowest BCUT2D eigenvalue weighted by Crippen LogP contribution is -2.39. The Balaban J connectivity index is 0.00000364. The molecule has 0 radical (unpaired) electrons. The molecule has 0 amide bonds. The summed E-state index contributed by atoms with van der Waals surface area (Å²) in [6.45, 7) is 6.31. The molecule has 27 heavy (non-hydrogen) atoms. The third kappa shape index (κ3) is 8.02. The Bertz CT molecular complexity index is 744. The fourth-order valence-corrected chi connectivity index (χ4v) is 3.28. The lowest BCUT2D eigenvalue weighted by molar-refractivity contribution is 0.0711. The van der Waals surface area contributed by atoms with Gasteiger partial charge in [-0.2, -0.15) is 0 Å². The van der Waals surface area contributed by atoms with Gasteiger partial charge in [0.2, 0.25) is 5.56 Å². The van der Waals surface area contributed by atoms with Gasteiger partial charge in [-0.25, -0.2) is 4.99 Å². The molecule has 1 atom stereocenters. The van der Waals surface area contributed by atoms with Gasteiger partial charge in [0.05, 0.1) is 6.54 Å². The van der Waals surface area contributed by atoms with Gasteiger partial charge in [-0.3, -0.25) is 4.79 Å². The van der Waals surface area contributed by atoms with Gasteiger partial charge in [0.1, 0.15) is 5.60 Å². The molecule has 0 saturated carbocycles. The zero-order valence-corrected chi connectivity index (χ0v) is 19.0. The average Bonchev–Trinajstić information content (AvgIpc) is 3.16. The summed E-state index contributed by atoms with van der Waals surface area (Å²) in [6.07, 6.45) is 3.64. The Kier molecular flexibility index (Phi) is 10.6. The Morgan fingerprint density at radius 2 is 2.07 bits per heavy atom. The maximum atomic E-state index is 11.6. The van der Waals surface area contributed by atoms with Gasteiger partial charge in [0.25, 0.3) is 0 Å². The number of aryl methyl sites for hydroxylation is 1. The normalized spacial score (nSPS) is 13.5. The number of pyridine rings is 1. The summed E-state index contributed by atoms with van der Waals surface area (Å²) >= 11 is 1.53. The van der Waals surface area contributed by atoms with Crippen molar-refractivity contribution in [1.82, 2.24) is 15.2 Å². The van der Waals surface area contributed by atoms with Crippen LogP contribution in [0.25, 0.3) is 0 Å². The molecule has 2 rings (SSSR count). The third-order valence-corrected chi connectivity index (χ3v) is 5.08. The number of nitrogens with zero attached hydrogens (tertiary/aromatic N) is 2. The average molecular weight is 504 g/mol. The maximum Gasteiger partial charge on any atom is 0.250 e. The second-order valence-electron chi connectivity index (χ2n) is 6.31. The standard InChI is InChI=1S/C19H28N4O2S.HI/c1-3-20-18(22-15-19(2,25)16-9-8-14-26-16)21-11-5-7-13-23-12-6-4-10-17(23)24;/h4,6,8-10,12,14,25H,3,5,7,11,13,15H2,1-2H3,(H2,20,21,22);1H. The molecule has 0 aliphatic carbocycles. The van der Waals surface area contributed by atoms with E-state index in [1.807, 2.05) is 36.7 Å². The van der Waals surface area contributed by atoms with Crippen LogP contribution in [0.15, 0.2) is 51.7 Å². The number of guanidine groups is 1. The summed E-state index contributed by atoms with van der Waals surface area (Å²) in [5, 5.41) is 19.0. The molecule has 0 spiro atoms. The van der Waals surface area contributed by atoms with Crippen LogP contribution >= 0.6 is 35.3 Å². The number of unbranched alkanes of at least 4 members (excludes halogenated alkanes) is 1. The zero-order valence-electron chi connectivity index (χ0n) is 15.9. The number of aliphatic imine (C=N–C) groups is 1. The van der Waals surface area contributed by atoms with E-state index in [0.717, 1.165) is 30.8 Å². The van der Waals surface area contributed by atoms with E-state index in [-0.39, 0.29) is 29.5 Å². The molecule has 0 aromatic carbocycles. The van der Waals surface area contributed by atoms with Crippen LogP contribution in [0, 0.1) is 0 Å². The Labute approximate surface area is 181 Å². The number of hydrogen-bond donors (Lipinski definition) is 3. The van der Waals surface area contributed by atoms with Crippen molar-refractivity contribution in [3.8, 4) is 0 Å². The zero-order chi connectivity index (χ0) is 18.8. The summed E-state index contributed by atoms with van der Waals surface area (Å²) < 4.78 is 1.72. The van der Waals surface area contributed by atoms with Gasteiger partial charge in [-0.15, -0.1) is 35.3 Å². The topological polar surface area (TPSA) is 78.7 Å². The predicted molar refractivity (Wildman–Crippen MR) is 123 cm³/mol. The molecule has 2 heterocycles. The van der Waals surface area contributed by atoms with E-state index in [9.17, 15) is 9.90 Å². The summed E-state index contributed by atoms with van der Waals surface area (Å²) in [5.41, 5.74) is -0.934. The van der Waals surface area contributed by atoms with Crippen molar-refractivity contribution in [2.45, 2.75) is 38.8 Å². The quantitative estimate of drug-likeness (QED) is 0.213. The van der Waals surface area contributed by atoms with Crippen molar-refractivity contribution in [1.29, 1.82) is 0 Å². The molecule has 0 saturated heterocycles. The number of thiophene rings is 1. The van der Waals surface area contributed by atoms with Gasteiger partial charge in [0, 0.05) is 36.8 Å². The minimum atomic E-state index is -0.967. The van der Waals surface area contributed by atoms with Crippen LogP contribution in [0.5, 0.6) is 0 Å². The van der Waals surface area contributed by atoms with Crippen LogP contribution in [0.2, 0.25) is 0 Å². The van der Waals surface area contributed by atoms with E-state index >= 15 is 0 Å². The largest absolute Gasteiger partial charge is 0.383 e. The molecule has 1 unspecified atom stereocenters. The van der Waals surface area contributed by atoms with Crippen LogP contribution in [0.3, 0.4) is 0 Å². The molecule has 0 aliphatic rings. The van der Waals surface area contributed by atoms with Crippen LogP contribution in [0.1, 0.15) is 31.6 Å². The lowest BCUT2D eigenvalue weighted by atomic mass is 10.1. The number of hydrogen-bond acceptors (Lipinski definition) is 4. The Hall–Kier alpha value is -1.39. The molecule has 150 valence electrons. The first kappa shape index (κ1) is 23.6. The van der Waals surface area contributed by atoms with Gasteiger partial charge in [0.15, 0.2) is 5.96 Å². The first-order valence-electron chi connectivity index (χ1n) is 8.97. The van der Waals surface area contributed by atoms with Crippen LogP contribution in [-0.4, -0.2) is 35.3 Å². The first-order valence-corrected chi connectivity index (χ1v) is 9.85. The van der Waals surface area contributed by atoms with Crippen LogP contribution in [0.4, 0.5) is 0 Å². The Morgan fingerprint density at radius 1 is 1.26 bits per heavy atom. The monoisotopic (exact) mass is 504 g/mol.